The van der Waals surface area contributed by atoms with E-state index in [1.54, 1.807) is 0 Å². The standard InChI is InChI=1S/C14H8Br2O2/c15-9-5-3-1-2-4-6(5)10(16)8-7(9)11-13(17-11)14-12(8)18-14/h1-4,11-14H/t11-,12-,13-,14-/m0/s1. The van der Waals surface area contributed by atoms with Crippen molar-refractivity contribution in [2.45, 2.75) is 24.4 Å². The zero-order chi connectivity index (χ0) is 12.0. The van der Waals surface area contributed by atoms with Gasteiger partial charge in [-0.15, -0.1) is 0 Å². The highest BCUT2D eigenvalue weighted by Gasteiger charge is 2.64. The molecule has 1 aliphatic carbocycles. The zero-order valence-electron chi connectivity index (χ0n) is 9.19. The van der Waals surface area contributed by atoms with Gasteiger partial charge in [-0.25, -0.2) is 0 Å². The van der Waals surface area contributed by atoms with Gasteiger partial charge in [-0.3, -0.25) is 0 Å². The Morgan fingerprint density at radius 2 is 1.22 bits per heavy atom. The van der Waals surface area contributed by atoms with Crippen LogP contribution in [0.4, 0.5) is 0 Å². The third-order valence-electron chi connectivity index (χ3n) is 4.11. The number of rotatable bonds is 0. The number of hydrogen-bond acceptors (Lipinski definition) is 2. The lowest BCUT2D eigenvalue weighted by molar-refractivity contribution is 0.304. The van der Waals surface area contributed by atoms with Crippen molar-refractivity contribution in [1.82, 2.24) is 0 Å². The first-order valence-corrected chi connectivity index (χ1v) is 7.56. The predicted octanol–water partition coefficient (Wildman–Crippen LogP) is 4.26. The van der Waals surface area contributed by atoms with Crippen LogP contribution in [0.5, 0.6) is 0 Å². The summed E-state index contributed by atoms with van der Waals surface area (Å²) < 4.78 is 13.9. The van der Waals surface area contributed by atoms with Crippen molar-refractivity contribution in [3.8, 4) is 0 Å². The van der Waals surface area contributed by atoms with Gasteiger partial charge >= 0.3 is 0 Å². The molecule has 0 unspecified atom stereocenters. The summed E-state index contributed by atoms with van der Waals surface area (Å²) >= 11 is 7.52. The van der Waals surface area contributed by atoms with Crippen molar-refractivity contribution in [1.29, 1.82) is 0 Å². The minimum atomic E-state index is 0.221. The average Bonchev–Trinajstić information content (AvgIpc) is 3.24. The highest BCUT2D eigenvalue weighted by atomic mass is 79.9. The van der Waals surface area contributed by atoms with Crippen LogP contribution in [0.2, 0.25) is 0 Å². The topological polar surface area (TPSA) is 25.1 Å². The molecular weight excluding hydrogens is 360 g/mol. The van der Waals surface area contributed by atoms with Gasteiger partial charge in [-0.1, -0.05) is 24.3 Å². The second-order valence-electron chi connectivity index (χ2n) is 5.04. The average molecular weight is 368 g/mol. The molecule has 2 aromatic rings. The van der Waals surface area contributed by atoms with Gasteiger partial charge in [0.25, 0.3) is 0 Å². The molecule has 90 valence electrons. The molecular formula is C14H8Br2O2. The van der Waals surface area contributed by atoms with Crippen LogP contribution in [0.15, 0.2) is 33.2 Å². The fourth-order valence-electron chi connectivity index (χ4n) is 3.16. The SMILES string of the molecule is Brc1c2c(c(Br)c3ccccc13)[C@@H]1O[C@@H]1[C@H]1O[C@@H]21. The quantitative estimate of drug-likeness (QED) is 0.650. The van der Waals surface area contributed by atoms with E-state index in [0.717, 1.165) is 8.95 Å². The zero-order valence-corrected chi connectivity index (χ0v) is 12.4. The molecule has 2 fully saturated rings. The fraction of sp³-hybridized carbons (Fsp3) is 0.286. The van der Waals surface area contributed by atoms with Crippen LogP contribution in [-0.4, -0.2) is 12.2 Å². The summed E-state index contributed by atoms with van der Waals surface area (Å²) in [6.07, 6.45) is 1.01. The molecule has 5 rings (SSSR count). The monoisotopic (exact) mass is 366 g/mol. The molecule has 3 aliphatic rings. The highest BCUT2D eigenvalue weighted by Crippen LogP contribution is 2.64. The van der Waals surface area contributed by atoms with Gasteiger partial charge in [-0.05, 0) is 42.6 Å². The van der Waals surface area contributed by atoms with Crippen molar-refractivity contribution in [2.75, 3.05) is 0 Å². The summed E-state index contributed by atoms with van der Waals surface area (Å²) in [4.78, 5) is 0. The third kappa shape index (κ3) is 1.11. The lowest BCUT2D eigenvalue weighted by Crippen LogP contribution is -2.09. The van der Waals surface area contributed by atoms with E-state index in [-0.39, 0.29) is 24.4 Å². The lowest BCUT2D eigenvalue weighted by atomic mass is 9.89. The lowest BCUT2D eigenvalue weighted by Gasteiger charge is -2.16. The van der Waals surface area contributed by atoms with Crippen molar-refractivity contribution in [2.24, 2.45) is 0 Å². The van der Waals surface area contributed by atoms with E-state index in [2.05, 4.69) is 56.1 Å². The van der Waals surface area contributed by atoms with Crippen LogP contribution in [-0.2, 0) is 9.47 Å². The van der Waals surface area contributed by atoms with Gasteiger partial charge in [0.05, 0.1) is 0 Å². The van der Waals surface area contributed by atoms with Crippen molar-refractivity contribution < 1.29 is 9.47 Å². The minimum absolute atomic E-state index is 0.221. The molecule has 0 radical (unpaired) electrons. The Balaban J connectivity index is 1.96. The van der Waals surface area contributed by atoms with Crippen molar-refractivity contribution in [3.05, 3.63) is 44.3 Å². The van der Waals surface area contributed by atoms with Crippen LogP contribution < -0.4 is 0 Å². The maximum Gasteiger partial charge on any atom is 0.118 e. The smallest absolute Gasteiger partial charge is 0.118 e. The van der Waals surface area contributed by atoms with Crippen LogP contribution >= 0.6 is 31.9 Å². The Bertz CT molecular complexity index is 652. The molecule has 2 nitrogen and oxygen atoms in total. The number of fused-ring (bicyclic) bond motifs is 7. The Labute approximate surface area is 121 Å². The third-order valence-corrected chi connectivity index (χ3v) is 5.82. The molecule has 2 saturated heterocycles. The summed E-state index contributed by atoms with van der Waals surface area (Å²) in [6.45, 7) is 0. The normalized spacial score (nSPS) is 34.8. The number of benzene rings is 2. The first kappa shape index (κ1) is 10.4. The Kier molecular flexibility index (Phi) is 1.83. The first-order valence-electron chi connectivity index (χ1n) is 5.98. The first-order chi connectivity index (χ1) is 8.77. The largest absolute Gasteiger partial charge is 0.361 e. The molecule has 0 amide bonds. The Morgan fingerprint density at radius 3 is 1.67 bits per heavy atom. The maximum atomic E-state index is 5.77. The molecule has 2 aliphatic heterocycles. The van der Waals surface area contributed by atoms with E-state index < -0.39 is 0 Å². The second kappa shape index (κ2) is 3.18. The molecule has 2 aromatic carbocycles. The number of halogens is 2. The second-order valence-corrected chi connectivity index (χ2v) is 6.63. The summed E-state index contributed by atoms with van der Waals surface area (Å²) in [5.74, 6) is 0. The molecule has 0 N–H and O–H groups in total. The van der Waals surface area contributed by atoms with Crippen molar-refractivity contribution >= 4 is 42.6 Å². The molecule has 4 heteroatoms. The van der Waals surface area contributed by atoms with Gasteiger partial charge in [-0.2, -0.15) is 0 Å². The van der Waals surface area contributed by atoms with E-state index >= 15 is 0 Å². The van der Waals surface area contributed by atoms with Gasteiger partial charge < -0.3 is 9.47 Å². The van der Waals surface area contributed by atoms with Gasteiger partial charge in [0.15, 0.2) is 0 Å². The molecule has 18 heavy (non-hydrogen) atoms. The van der Waals surface area contributed by atoms with E-state index in [1.165, 1.54) is 21.9 Å². The molecule has 4 atom stereocenters. The van der Waals surface area contributed by atoms with Crippen molar-refractivity contribution in [3.63, 3.8) is 0 Å². The summed E-state index contributed by atoms with van der Waals surface area (Å²) in [7, 11) is 0. The molecule has 2 heterocycles. The minimum Gasteiger partial charge on any atom is -0.361 e. The number of epoxide rings is 2. The predicted molar refractivity (Wildman–Crippen MR) is 74.6 cm³/mol. The van der Waals surface area contributed by atoms with Crippen LogP contribution in [0.3, 0.4) is 0 Å². The van der Waals surface area contributed by atoms with E-state index in [4.69, 9.17) is 9.47 Å². The Morgan fingerprint density at radius 1 is 0.778 bits per heavy atom. The van der Waals surface area contributed by atoms with E-state index in [0.29, 0.717) is 0 Å². The summed E-state index contributed by atoms with van der Waals surface area (Å²) in [6, 6.07) is 8.41. The van der Waals surface area contributed by atoms with Gasteiger partial charge in [0.2, 0.25) is 0 Å². The fourth-order valence-corrected chi connectivity index (χ4v) is 4.73. The maximum absolute atomic E-state index is 5.77. The van der Waals surface area contributed by atoms with E-state index in [9.17, 15) is 0 Å². The van der Waals surface area contributed by atoms with Gasteiger partial charge in [0, 0.05) is 20.1 Å². The molecule has 0 saturated carbocycles. The highest BCUT2D eigenvalue weighted by molar-refractivity contribution is 9.11. The van der Waals surface area contributed by atoms with Crippen LogP contribution in [0, 0.1) is 0 Å². The van der Waals surface area contributed by atoms with Crippen LogP contribution in [0.25, 0.3) is 10.8 Å². The number of ether oxygens (including phenoxy) is 2. The Hall–Kier alpha value is -0.420. The molecule has 0 bridgehead atoms. The number of hydrogen-bond donors (Lipinski definition) is 0. The molecule has 0 aromatic heterocycles. The van der Waals surface area contributed by atoms with E-state index in [1.807, 2.05) is 0 Å². The van der Waals surface area contributed by atoms with Gasteiger partial charge in [0.1, 0.15) is 24.4 Å². The summed E-state index contributed by atoms with van der Waals surface area (Å²) in [5.41, 5.74) is 2.56. The van der Waals surface area contributed by atoms with Crippen LogP contribution in [0.1, 0.15) is 23.3 Å². The molecule has 0 spiro atoms. The summed E-state index contributed by atoms with van der Waals surface area (Å²) in [5, 5.41) is 2.47.